The van der Waals surface area contributed by atoms with Gasteiger partial charge in [-0.1, -0.05) is 19.9 Å². The first-order valence-electron chi connectivity index (χ1n) is 8.23. The number of ether oxygens (including phenoxy) is 1. The van der Waals surface area contributed by atoms with Crippen LogP contribution in [-0.4, -0.2) is 29.1 Å². The SMILES string of the molecule is CCOC(=O)C1=C(/C=C/C2(O)C(C)=CC(=O)CC2(C)C)CCC1. The van der Waals surface area contributed by atoms with Crippen molar-refractivity contribution in [2.45, 2.75) is 59.0 Å². The Hall–Kier alpha value is -1.68. The van der Waals surface area contributed by atoms with Crippen molar-refractivity contribution in [2.75, 3.05) is 6.61 Å². The van der Waals surface area contributed by atoms with Crippen molar-refractivity contribution in [3.8, 4) is 0 Å². The number of rotatable bonds is 4. The summed E-state index contributed by atoms with van der Waals surface area (Å²) in [5.74, 6) is -0.222. The number of hydrogen-bond acceptors (Lipinski definition) is 4. The summed E-state index contributed by atoms with van der Waals surface area (Å²) in [5.41, 5.74) is 0.514. The zero-order chi connectivity index (χ0) is 17.3. The van der Waals surface area contributed by atoms with E-state index in [0.29, 0.717) is 30.6 Å². The van der Waals surface area contributed by atoms with E-state index in [1.165, 1.54) is 6.08 Å². The lowest BCUT2D eigenvalue weighted by molar-refractivity contribution is -0.138. The van der Waals surface area contributed by atoms with Crippen molar-refractivity contribution in [2.24, 2.45) is 5.41 Å². The van der Waals surface area contributed by atoms with E-state index in [9.17, 15) is 14.7 Å². The topological polar surface area (TPSA) is 63.6 Å². The molecule has 4 nitrogen and oxygen atoms in total. The summed E-state index contributed by atoms with van der Waals surface area (Å²) in [6.07, 6.45) is 7.85. The molecule has 0 fully saturated rings. The molecule has 1 unspecified atom stereocenters. The van der Waals surface area contributed by atoms with Gasteiger partial charge in [0.25, 0.3) is 0 Å². The summed E-state index contributed by atoms with van der Waals surface area (Å²) in [7, 11) is 0. The third-order valence-corrected chi connectivity index (χ3v) is 4.93. The average Bonchev–Trinajstić information content (AvgIpc) is 2.91. The van der Waals surface area contributed by atoms with Gasteiger partial charge in [0, 0.05) is 17.4 Å². The van der Waals surface area contributed by atoms with E-state index in [4.69, 9.17) is 4.74 Å². The molecular weight excluding hydrogens is 292 g/mol. The van der Waals surface area contributed by atoms with Gasteiger partial charge in [-0.3, -0.25) is 4.79 Å². The van der Waals surface area contributed by atoms with Gasteiger partial charge in [-0.2, -0.15) is 0 Å². The summed E-state index contributed by atoms with van der Waals surface area (Å²) in [5, 5.41) is 11.1. The standard InChI is InChI=1S/C19H26O4/c1-5-23-17(21)16-8-6-7-14(16)9-10-19(22)13(2)11-15(20)12-18(19,3)4/h9-11,22H,5-8,12H2,1-4H3/b10-9+. The summed E-state index contributed by atoms with van der Waals surface area (Å²) in [6.45, 7) is 7.71. The lowest BCUT2D eigenvalue weighted by Crippen LogP contribution is -2.48. The summed E-state index contributed by atoms with van der Waals surface area (Å²) in [4.78, 5) is 23.8. The number of allylic oxidation sites excluding steroid dienone is 3. The molecule has 0 aromatic rings. The normalized spacial score (nSPS) is 27.5. The Bertz CT molecular complexity index is 607. The van der Waals surface area contributed by atoms with E-state index < -0.39 is 11.0 Å². The Kier molecular flexibility index (Phi) is 4.95. The quantitative estimate of drug-likeness (QED) is 0.808. The van der Waals surface area contributed by atoms with Gasteiger partial charge in [0.2, 0.25) is 0 Å². The zero-order valence-corrected chi connectivity index (χ0v) is 14.4. The van der Waals surface area contributed by atoms with Crippen LogP contribution in [0.2, 0.25) is 0 Å². The molecular formula is C19H26O4. The third kappa shape index (κ3) is 3.32. The highest BCUT2D eigenvalue weighted by Crippen LogP contribution is 2.44. The number of ketones is 1. The molecule has 1 atom stereocenters. The molecule has 2 aliphatic rings. The van der Waals surface area contributed by atoms with Crippen LogP contribution in [0.5, 0.6) is 0 Å². The van der Waals surface area contributed by atoms with Gasteiger partial charge in [-0.25, -0.2) is 4.79 Å². The van der Waals surface area contributed by atoms with E-state index in [2.05, 4.69) is 0 Å². The van der Waals surface area contributed by atoms with Crippen LogP contribution in [0.15, 0.2) is 34.9 Å². The number of carbonyl (C=O) groups excluding carboxylic acids is 2. The number of hydrogen-bond donors (Lipinski definition) is 1. The van der Waals surface area contributed by atoms with Crippen molar-refractivity contribution in [1.82, 2.24) is 0 Å². The molecule has 0 aromatic carbocycles. The predicted octanol–water partition coefficient (Wildman–Crippen LogP) is 3.26. The van der Waals surface area contributed by atoms with Gasteiger partial charge >= 0.3 is 5.97 Å². The van der Waals surface area contributed by atoms with Crippen LogP contribution in [0.1, 0.15) is 53.4 Å². The van der Waals surface area contributed by atoms with Gasteiger partial charge < -0.3 is 9.84 Å². The second-order valence-electron chi connectivity index (χ2n) is 7.03. The average molecular weight is 318 g/mol. The highest BCUT2D eigenvalue weighted by atomic mass is 16.5. The molecule has 0 saturated carbocycles. The van der Waals surface area contributed by atoms with Gasteiger partial charge in [0.05, 0.1) is 6.61 Å². The minimum absolute atomic E-state index is 0.0397. The number of esters is 1. The Morgan fingerprint density at radius 2 is 2.09 bits per heavy atom. The van der Waals surface area contributed by atoms with Crippen molar-refractivity contribution < 1.29 is 19.4 Å². The largest absolute Gasteiger partial charge is 0.463 e. The third-order valence-electron chi connectivity index (χ3n) is 4.93. The maximum atomic E-state index is 12.0. The van der Waals surface area contributed by atoms with Crippen LogP contribution in [0.25, 0.3) is 0 Å². The molecule has 1 N–H and O–H groups in total. The van der Waals surface area contributed by atoms with Gasteiger partial charge in [0.15, 0.2) is 5.78 Å². The van der Waals surface area contributed by atoms with Crippen LogP contribution in [0.4, 0.5) is 0 Å². The molecule has 0 heterocycles. The molecule has 0 radical (unpaired) electrons. The van der Waals surface area contributed by atoms with Crippen LogP contribution < -0.4 is 0 Å². The number of aliphatic hydroxyl groups is 1. The first-order chi connectivity index (χ1) is 10.7. The summed E-state index contributed by atoms with van der Waals surface area (Å²) < 4.78 is 5.10. The van der Waals surface area contributed by atoms with Crippen molar-refractivity contribution in [1.29, 1.82) is 0 Å². The molecule has 0 bridgehead atoms. The van der Waals surface area contributed by atoms with Crippen LogP contribution in [-0.2, 0) is 14.3 Å². The first-order valence-corrected chi connectivity index (χ1v) is 8.23. The van der Waals surface area contributed by atoms with E-state index in [-0.39, 0.29) is 11.8 Å². The van der Waals surface area contributed by atoms with E-state index in [1.54, 1.807) is 19.9 Å². The van der Waals surface area contributed by atoms with Gasteiger partial charge in [-0.05, 0) is 56.4 Å². The summed E-state index contributed by atoms with van der Waals surface area (Å²) >= 11 is 0. The Morgan fingerprint density at radius 3 is 2.70 bits per heavy atom. The molecule has 126 valence electrons. The maximum Gasteiger partial charge on any atom is 0.334 e. The second-order valence-corrected chi connectivity index (χ2v) is 7.03. The molecule has 0 spiro atoms. The lowest BCUT2D eigenvalue weighted by Gasteiger charge is -2.44. The maximum absolute atomic E-state index is 12.0. The fourth-order valence-electron chi connectivity index (χ4n) is 3.49. The highest BCUT2D eigenvalue weighted by molar-refractivity contribution is 5.93. The Labute approximate surface area is 137 Å². The molecule has 0 aromatic heterocycles. The fraction of sp³-hybridized carbons (Fsp3) is 0.579. The smallest absolute Gasteiger partial charge is 0.334 e. The van der Waals surface area contributed by atoms with Crippen molar-refractivity contribution >= 4 is 11.8 Å². The van der Waals surface area contributed by atoms with Crippen LogP contribution in [0.3, 0.4) is 0 Å². The van der Waals surface area contributed by atoms with E-state index >= 15 is 0 Å². The highest BCUT2D eigenvalue weighted by Gasteiger charge is 2.46. The second kappa shape index (κ2) is 6.44. The lowest BCUT2D eigenvalue weighted by atomic mass is 9.64. The van der Waals surface area contributed by atoms with E-state index in [1.807, 2.05) is 19.9 Å². The molecule has 4 heteroatoms. The molecule has 0 saturated heterocycles. The molecule has 2 rings (SSSR count). The Balaban J connectivity index is 2.34. The minimum Gasteiger partial charge on any atom is -0.463 e. The summed E-state index contributed by atoms with van der Waals surface area (Å²) in [6, 6.07) is 0. The Morgan fingerprint density at radius 1 is 1.39 bits per heavy atom. The molecule has 23 heavy (non-hydrogen) atoms. The fourth-order valence-corrected chi connectivity index (χ4v) is 3.49. The molecule has 0 aliphatic heterocycles. The van der Waals surface area contributed by atoms with Crippen molar-refractivity contribution in [3.05, 3.63) is 34.9 Å². The first kappa shape index (κ1) is 17.7. The molecule has 0 amide bonds. The van der Waals surface area contributed by atoms with E-state index in [0.717, 1.165) is 18.4 Å². The zero-order valence-electron chi connectivity index (χ0n) is 14.4. The minimum atomic E-state index is -1.18. The van der Waals surface area contributed by atoms with Crippen molar-refractivity contribution in [3.63, 3.8) is 0 Å². The van der Waals surface area contributed by atoms with Crippen LogP contribution in [0, 0.1) is 5.41 Å². The number of carbonyl (C=O) groups is 2. The monoisotopic (exact) mass is 318 g/mol. The van der Waals surface area contributed by atoms with Crippen LogP contribution >= 0.6 is 0 Å². The predicted molar refractivity (Wildman–Crippen MR) is 88.8 cm³/mol. The van der Waals surface area contributed by atoms with Gasteiger partial charge in [0.1, 0.15) is 5.60 Å². The molecule has 2 aliphatic carbocycles. The van der Waals surface area contributed by atoms with Gasteiger partial charge in [-0.15, -0.1) is 0 Å².